The number of aryl methyl sites for hydroxylation is 1. The molecule has 1 fully saturated rings. The smallest absolute Gasteiger partial charge is 0.321 e. The fourth-order valence-electron chi connectivity index (χ4n) is 3.57. The van der Waals surface area contributed by atoms with Gasteiger partial charge >= 0.3 is 6.01 Å². The molecule has 0 atom stereocenters. The molecule has 0 spiro atoms. The molecule has 0 unspecified atom stereocenters. The summed E-state index contributed by atoms with van der Waals surface area (Å²) in [6.07, 6.45) is 5.67. The highest BCUT2D eigenvalue weighted by Gasteiger charge is 2.21. The Labute approximate surface area is 171 Å². The quantitative estimate of drug-likeness (QED) is 0.624. The highest BCUT2D eigenvalue weighted by atomic mass is 16.5. The number of rotatable bonds is 4. The summed E-state index contributed by atoms with van der Waals surface area (Å²) < 4.78 is 5.75. The minimum Gasteiger partial charge on any atom is -0.424 e. The van der Waals surface area contributed by atoms with Gasteiger partial charge in [-0.2, -0.15) is 0 Å². The van der Waals surface area contributed by atoms with E-state index in [1.807, 2.05) is 23.1 Å². The Morgan fingerprint density at radius 2 is 1.66 bits per heavy atom. The highest BCUT2D eigenvalue weighted by molar-refractivity contribution is 5.94. The van der Waals surface area contributed by atoms with Crippen LogP contribution in [0.4, 0.5) is 0 Å². The number of ether oxygens (including phenoxy) is 1. The fourth-order valence-corrected chi connectivity index (χ4v) is 3.57. The molecular weight excluding hydrogens is 362 g/mol. The predicted octanol–water partition coefficient (Wildman–Crippen LogP) is 5.12. The zero-order valence-electron chi connectivity index (χ0n) is 16.8. The van der Waals surface area contributed by atoms with Crippen molar-refractivity contribution in [3.05, 3.63) is 72.1 Å². The lowest BCUT2D eigenvalue weighted by molar-refractivity contribution is 0.0697. The third-order valence-electron chi connectivity index (χ3n) is 5.47. The maximum atomic E-state index is 12.6. The van der Waals surface area contributed by atoms with Gasteiger partial charge in [0.2, 0.25) is 0 Å². The maximum absolute atomic E-state index is 12.6. The fraction of sp³-hybridized carbons (Fsp3) is 0.292. The zero-order chi connectivity index (χ0) is 20.2. The van der Waals surface area contributed by atoms with Gasteiger partial charge in [-0.25, -0.2) is 9.97 Å². The number of hydrogen-bond acceptors (Lipinski definition) is 4. The van der Waals surface area contributed by atoms with Crippen molar-refractivity contribution in [3.8, 4) is 22.9 Å². The summed E-state index contributed by atoms with van der Waals surface area (Å²) in [6, 6.07) is 15.6. The van der Waals surface area contributed by atoms with E-state index < -0.39 is 0 Å². The lowest BCUT2D eigenvalue weighted by Crippen LogP contribution is -2.37. The minimum absolute atomic E-state index is 0.0854. The van der Waals surface area contributed by atoms with E-state index in [1.54, 1.807) is 36.7 Å². The van der Waals surface area contributed by atoms with Crippen LogP contribution in [-0.4, -0.2) is 33.9 Å². The van der Waals surface area contributed by atoms with Crippen LogP contribution < -0.4 is 4.74 Å². The molecule has 1 saturated heterocycles. The van der Waals surface area contributed by atoms with Crippen molar-refractivity contribution < 1.29 is 9.53 Å². The molecule has 1 amide bonds. The first-order chi connectivity index (χ1) is 14.1. The molecule has 2 heterocycles. The molecule has 29 heavy (non-hydrogen) atoms. The second-order valence-corrected chi connectivity index (χ2v) is 7.67. The Kier molecular flexibility index (Phi) is 5.56. The van der Waals surface area contributed by atoms with Gasteiger partial charge in [-0.1, -0.05) is 31.2 Å². The van der Waals surface area contributed by atoms with Crippen molar-refractivity contribution in [2.75, 3.05) is 13.1 Å². The van der Waals surface area contributed by atoms with E-state index in [4.69, 9.17) is 4.74 Å². The van der Waals surface area contributed by atoms with Crippen LogP contribution >= 0.6 is 0 Å². The summed E-state index contributed by atoms with van der Waals surface area (Å²) in [7, 11) is 0. The number of aromatic nitrogens is 2. The summed E-state index contributed by atoms with van der Waals surface area (Å²) >= 11 is 0. The number of hydrogen-bond donors (Lipinski definition) is 0. The molecule has 0 bridgehead atoms. The molecule has 1 aromatic heterocycles. The molecule has 0 radical (unpaired) electrons. The summed E-state index contributed by atoms with van der Waals surface area (Å²) in [5, 5.41) is 0. The van der Waals surface area contributed by atoms with Gasteiger partial charge in [0.05, 0.1) is 0 Å². The molecule has 4 rings (SSSR count). The zero-order valence-corrected chi connectivity index (χ0v) is 16.8. The molecule has 1 aliphatic heterocycles. The van der Waals surface area contributed by atoms with Crippen LogP contribution in [0.25, 0.3) is 11.1 Å². The normalized spacial score (nSPS) is 14.6. The third-order valence-corrected chi connectivity index (χ3v) is 5.47. The van der Waals surface area contributed by atoms with Crippen molar-refractivity contribution in [2.45, 2.75) is 26.7 Å². The summed E-state index contributed by atoms with van der Waals surface area (Å²) in [5.41, 5.74) is 3.91. The molecule has 1 aliphatic rings. The first-order valence-electron chi connectivity index (χ1n) is 10.1. The average molecular weight is 387 g/mol. The van der Waals surface area contributed by atoms with Crippen molar-refractivity contribution in [3.63, 3.8) is 0 Å². The van der Waals surface area contributed by atoms with Gasteiger partial charge in [0.25, 0.3) is 5.91 Å². The Morgan fingerprint density at radius 1 is 1.00 bits per heavy atom. The average Bonchev–Trinajstić information content (AvgIpc) is 2.75. The van der Waals surface area contributed by atoms with E-state index in [0.29, 0.717) is 17.2 Å². The number of carbonyl (C=O) groups is 1. The van der Waals surface area contributed by atoms with Crippen LogP contribution in [0.3, 0.4) is 0 Å². The van der Waals surface area contributed by atoms with Crippen LogP contribution in [0.2, 0.25) is 0 Å². The Hall–Kier alpha value is -3.21. The first kappa shape index (κ1) is 19.1. The monoisotopic (exact) mass is 387 g/mol. The van der Waals surface area contributed by atoms with Crippen LogP contribution in [-0.2, 0) is 0 Å². The van der Waals surface area contributed by atoms with Crippen molar-refractivity contribution >= 4 is 5.91 Å². The molecule has 0 saturated carbocycles. The van der Waals surface area contributed by atoms with Gasteiger partial charge in [-0.3, -0.25) is 4.79 Å². The number of nitrogens with zero attached hydrogens (tertiary/aromatic N) is 3. The SMILES string of the molecule is Cc1ccccc1-c1cnc(Oc2ccc(C(=O)N3CCC(C)CC3)cc2)nc1. The van der Waals surface area contributed by atoms with Crippen LogP contribution in [0.1, 0.15) is 35.7 Å². The number of likely N-dealkylation sites (tertiary alicyclic amines) is 1. The minimum atomic E-state index is 0.0854. The van der Waals surface area contributed by atoms with Crippen molar-refractivity contribution in [2.24, 2.45) is 5.92 Å². The van der Waals surface area contributed by atoms with Crippen molar-refractivity contribution in [1.82, 2.24) is 14.9 Å². The standard InChI is InChI=1S/C24H25N3O2/c1-17-11-13-27(14-12-17)23(28)19-7-9-21(10-8-19)29-24-25-15-20(16-26-24)22-6-4-3-5-18(22)2/h3-10,15-17H,11-14H2,1-2H3. The lowest BCUT2D eigenvalue weighted by atomic mass is 9.98. The van der Waals surface area contributed by atoms with E-state index in [0.717, 1.165) is 37.1 Å². The molecule has 2 aromatic carbocycles. The molecular formula is C24H25N3O2. The van der Waals surface area contributed by atoms with Crippen LogP contribution in [0.15, 0.2) is 60.9 Å². The van der Waals surface area contributed by atoms with E-state index in [1.165, 1.54) is 5.56 Å². The van der Waals surface area contributed by atoms with Gasteiger partial charge in [-0.15, -0.1) is 0 Å². The number of carbonyl (C=O) groups excluding carboxylic acids is 1. The maximum Gasteiger partial charge on any atom is 0.321 e. The lowest BCUT2D eigenvalue weighted by Gasteiger charge is -2.30. The Bertz CT molecular complexity index is 976. The second-order valence-electron chi connectivity index (χ2n) is 7.67. The van der Waals surface area contributed by atoms with E-state index >= 15 is 0 Å². The molecule has 0 aliphatic carbocycles. The molecule has 5 heteroatoms. The Morgan fingerprint density at radius 3 is 2.31 bits per heavy atom. The van der Waals surface area contributed by atoms with Crippen LogP contribution in [0.5, 0.6) is 11.8 Å². The predicted molar refractivity (Wildman–Crippen MR) is 113 cm³/mol. The van der Waals surface area contributed by atoms with Crippen molar-refractivity contribution in [1.29, 1.82) is 0 Å². The summed E-state index contributed by atoms with van der Waals surface area (Å²) in [4.78, 5) is 23.2. The van der Waals surface area contributed by atoms with E-state index in [2.05, 4.69) is 29.9 Å². The van der Waals surface area contributed by atoms with E-state index in [-0.39, 0.29) is 11.9 Å². The second kappa shape index (κ2) is 8.43. The van der Waals surface area contributed by atoms with Gasteiger partial charge in [0.15, 0.2) is 0 Å². The number of piperidine rings is 1. The largest absolute Gasteiger partial charge is 0.424 e. The highest BCUT2D eigenvalue weighted by Crippen LogP contribution is 2.24. The number of benzene rings is 2. The molecule has 0 N–H and O–H groups in total. The van der Waals surface area contributed by atoms with Gasteiger partial charge in [-0.05, 0) is 61.1 Å². The molecule has 5 nitrogen and oxygen atoms in total. The van der Waals surface area contributed by atoms with E-state index in [9.17, 15) is 4.79 Å². The molecule has 3 aromatic rings. The molecule has 148 valence electrons. The Balaban J connectivity index is 1.41. The van der Waals surface area contributed by atoms with Gasteiger partial charge in [0, 0.05) is 36.6 Å². The summed E-state index contributed by atoms with van der Waals surface area (Å²) in [6.45, 7) is 5.97. The third kappa shape index (κ3) is 4.45. The van der Waals surface area contributed by atoms with Crippen LogP contribution in [0, 0.1) is 12.8 Å². The van der Waals surface area contributed by atoms with Gasteiger partial charge in [0.1, 0.15) is 5.75 Å². The van der Waals surface area contributed by atoms with Gasteiger partial charge < -0.3 is 9.64 Å². The first-order valence-corrected chi connectivity index (χ1v) is 10.1. The summed E-state index contributed by atoms with van der Waals surface area (Å²) in [5.74, 6) is 1.40. The number of amides is 1. The topological polar surface area (TPSA) is 55.3 Å².